The molecule has 12 nitrogen and oxygen atoms in total. The molecule has 2 aliphatic heterocycles. The number of likely N-dealkylation sites (tertiary alicyclic amines) is 2. The summed E-state index contributed by atoms with van der Waals surface area (Å²) < 4.78 is 0. The molecule has 0 spiro atoms. The summed E-state index contributed by atoms with van der Waals surface area (Å²) in [6.45, 7) is 7.99. The van der Waals surface area contributed by atoms with Crippen molar-refractivity contribution < 1.29 is 24.3 Å². The molecule has 3 atom stereocenters. The Morgan fingerprint density at radius 1 is 0.868 bits per heavy atom. The second-order valence-corrected chi connectivity index (χ2v) is 14.9. The Morgan fingerprint density at radius 2 is 1.55 bits per heavy atom. The summed E-state index contributed by atoms with van der Waals surface area (Å²) in [5.41, 5.74) is 5.00. The highest BCUT2D eigenvalue weighted by atomic mass is 16.4. The zero-order valence-electron chi connectivity index (χ0n) is 30.4. The van der Waals surface area contributed by atoms with Gasteiger partial charge in [0.05, 0.1) is 17.9 Å². The fourth-order valence-electron chi connectivity index (χ4n) is 7.78. The predicted octanol–water partition coefficient (Wildman–Crippen LogP) is 7.36. The van der Waals surface area contributed by atoms with Gasteiger partial charge in [-0.15, -0.1) is 0 Å². The Hall–Kier alpha value is -5.91. The fourth-order valence-corrected chi connectivity index (χ4v) is 7.78. The lowest BCUT2D eigenvalue weighted by Crippen LogP contribution is -2.54. The monoisotopic (exact) mass is 715 g/mol. The Kier molecular flexibility index (Phi) is 9.54. The number of fused-ring (bicyclic) bond motifs is 1. The van der Waals surface area contributed by atoms with Gasteiger partial charge < -0.3 is 30.2 Å². The van der Waals surface area contributed by atoms with Crippen LogP contribution in [-0.4, -0.2) is 83.2 Å². The van der Waals surface area contributed by atoms with E-state index in [-0.39, 0.29) is 17.9 Å². The van der Waals surface area contributed by atoms with Gasteiger partial charge >= 0.3 is 6.09 Å². The Balaban J connectivity index is 1.06. The average molecular weight is 716 g/mol. The van der Waals surface area contributed by atoms with Gasteiger partial charge in [0.15, 0.2) is 0 Å². The van der Waals surface area contributed by atoms with Gasteiger partial charge in [0, 0.05) is 47.8 Å². The molecule has 4 N–H and O–H groups in total. The maximum atomic E-state index is 14.2. The van der Waals surface area contributed by atoms with E-state index in [1.54, 1.807) is 52.0 Å². The molecule has 274 valence electrons. The number of carbonyl (C=O) groups is 4. The lowest BCUT2D eigenvalue weighted by atomic mass is 9.97. The van der Waals surface area contributed by atoms with E-state index in [1.165, 1.54) is 9.80 Å². The zero-order valence-corrected chi connectivity index (χ0v) is 30.4. The normalized spacial score (nSPS) is 18.0. The molecular weight excluding hydrogens is 670 g/mol. The smallest absolute Gasteiger partial charge is 0.408 e. The van der Waals surface area contributed by atoms with Crippen molar-refractivity contribution in [3.63, 3.8) is 0 Å². The second-order valence-electron chi connectivity index (χ2n) is 14.9. The van der Waals surface area contributed by atoms with Crippen molar-refractivity contribution in [2.45, 2.75) is 77.0 Å². The first kappa shape index (κ1) is 35.5. The number of aromatic amines is 2. The second kappa shape index (κ2) is 14.3. The summed E-state index contributed by atoms with van der Waals surface area (Å²) in [5.74, 6) is 0.151. The van der Waals surface area contributed by atoms with E-state index in [0.29, 0.717) is 30.6 Å². The van der Waals surface area contributed by atoms with Crippen LogP contribution in [0.15, 0.2) is 85.1 Å². The third-order valence-electron chi connectivity index (χ3n) is 10.3. The lowest BCUT2D eigenvalue weighted by Gasteiger charge is -2.41. The number of nitrogens with one attached hydrogen (secondary N) is 3. The van der Waals surface area contributed by atoms with Crippen LogP contribution in [0.2, 0.25) is 0 Å². The van der Waals surface area contributed by atoms with Gasteiger partial charge in [0.1, 0.15) is 17.9 Å². The molecule has 4 amide bonds. The minimum Gasteiger partial charge on any atom is -0.465 e. The third-order valence-corrected chi connectivity index (χ3v) is 10.3. The highest BCUT2D eigenvalue weighted by Crippen LogP contribution is 2.35. The predicted molar refractivity (Wildman–Crippen MR) is 203 cm³/mol. The zero-order chi connectivity index (χ0) is 37.4. The first-order valence-electron chi connectivity index (χ1n) is 18.1. The third kappa shape index (κ3) is 7.13. The molecule has 53 heavy (non-hydrogen) atoms. The topological polar surface area (TPSA) is 155 Å². The number of anilines is 1. The number of carbonyl (C=O) groups excluding carboxylic acids is 3. The maximum Gasteiger partial charge on any atom is 0.408 e. The van der Waals surface area contributed by atoms with E-state index in [0.717, 1.165) is 58.6 Å². The average Bonchev–Trinajstić information content (AvgIpc) is 3.96. The van der Waals surface area contributed by atoms with Crippen molar-refractivity contribution in [2.24, 2.45) is 0 Å². The molecule has 0 bridgehead atoms. The van der Waals surface area contributed by atoms with Crippen molar-refractivity contribution in [1.29, 1.82) is 0 Å². The van der Waals surface area contributed by atoms with E-state index in [4.69, 9.17) is 0 Å². The molecule has 3 aromatic carbocycles. The minimum absolute atomic E-state index is 0.0173. The number of amides is 4. The van der Waals surface area contributed by atoms with Gasteiger partial charge in [0.25, 0.3) is 5.91 Å². The van der Waals surface area contributed by atoms with Gasteiger partial charge in [-0.1, -0.05) is 54.6 Å². The summed E-state index contributed by atoms with van der Waals surface area (Å²) >= 11 is 0. The number of carboxylic acid groups (broad SMARTS) is 1. The van der Waals surface area contributed by atoms with Crippen LogP contribution in [0.5, 0.6) is 0 Å². The molecule has 0 aliphatic carbocycles. The number of imidazole rings is 1. The molecule has 12 heteroatoms. The lowest BCUT2D eigenvalue weighted by molar-refractivity contribution is -0.142. The van der Waals surface area contributed by atoms with Crippen LogP contribution in [0, 0.1) is 0 Å². The van der Waals surface area contributed by atoms with E-state index in [1.807, 2.05) is 65.7 Å². The first-order valence-corrected chi connectivity index (χ1v) is 18.1. The molecule has 2 aromatic heterocycles. The molecule has 0 saturated carbocycles. The van der Waals surface area contributed by atoms with Crippen LogP contribution < -0.4 is 5.32 Å². The van der Waals surface area contributed by atoms with Crippen molar-refractivity contribution >= 4 is 40.4 Å². The van der Waals surface area contributed by atoms with Crippen LogP contribution in [0.25, 0.3) is 33.4 Å². The van der Waals surface area contributed by atoms with Crippen LogP contribution >= 0.6 is 0 Å². The van der Waals surface area contributed by atoms with Crippen LogP contribution in [0.1, 0.15) is 76.8 Å². The molecule has 4 heterocycles. The minimum atomic E-state index is -1.20. The molecule has 2 saturated heterocycles. The molecule has 5 aromatic rings. The number of benzene rings is 3. The van der Waals surface area contributed by atoms with Crippen molar-refractivity contribution in [3.8, 4) is 22.5 Å². The summed E-state index contributed by atoms with van der Waals surface area (Å²) in [6.07, 6.45) is 3.59. The number of rotatable bonds is 8. The Bertz CT molecular complexity index is 2150. The van der Waals surface area contributed by atoms with Gasteiger partial charge in [0.2, 0.25) is 11.8 Å². The molecule has 2 fully saturated rings. The Labute approximate surface area is 308 Å². The van der Waals surface area contributed by atoms with Crippen LogP contribution in [0.4, 0.5) is 10.5 Å². The van der Waals surface area contributed by atoms with E-state index >= 15 is 0 Å². The van der Waals surface area contributed by atoms with E-state index in [9.17, 15) is 24.3 Å². The number of aromatic nitrogens is 3. The summed E-state index contributed by atoms with van der Waals surface area (Å²) in [5, 5.41) is 14.2. The standard InChI is InChI=1S/C41H45N7O5/c1-25(49)46-20-8-12-34(46)37-42-24-33(45-37)27-16-14-26(15-17-27)32-23-29-22-30(18-19-31(29)44-32)43-38(50)35-13-9-21-47(35)39(51)36(28-10-6-5-7-11-28)48(40(52)53)41(2,3)4/h5-7,10-11,14-19,22-24,34-36,44H,8-9,12-13,20-21H2,1-4H3,(H,42,45)(H,43,50)(H,52,53)/t34-,35?,36+/m0/s1. The van der Waals surface area contributed by atoms with Crippen molar-refractivity contribution in [2.75, 3.05) is 18.4 Å². The fraction of sp³-hybridized carbons (Fsp3) is 0.341. The summed E-state index contributed by atoms with van der Waals surface area (Å²) in [4.78, 5) is 68.6. The van der Waals surface area contributed by atoms with Crippen molar-refractivity contribution in [3.05, 3.63) is 96.4 Å². The van der Waals surface area contributed by atoms with Gasteiger partial charge in [-0.25, -0.2) is 9.78 Å². The first-order chi connectivity index (χ1) is 25.4. The van der Waals surface area contributed by atoms with Crippen LogP contribution in [-0.2, 0) is 14.4 Å². The maximum absolute atomic E-state index is 14.2. The number of hydrogen-bond donors (Lipinski definition) is 4. The van der Waals surface area contributed by atoms with Gasteiger partial charge in [-0.3, -0.25) is 19.3 Å². The highest BCUT2D eigenvalue weighted by molar-refractivity contribution is 6.00. The molecular formula is C41H45N7O5. The quantitative estimate of drug-likeness (QED) is 0.132. The SMILES string of the molecule is CC(=O)N1CCC[C@H]1c1ncc(-c2ccc(-c3cc4cc(NC(=O)C5CCCN5C(=O)[C@@H](c5ccccc5)N(C(=O)O)C(C)(C)C)ccc4[nH]3)cc2)[nH]1. The number of hydrogen-bond acceptors (Lipinski definition) is 5. The number of nitrogens with zero attached hydrogens (tertiary/aromatic N) is 4. The summed E-state index contributed by atoms with van der Waals surface area (Å²) in [6, 6.07) is 22.9. The van der Waals surface area contributed by atoms with Crippen molar-refractivity contribution in [1.82, 2.24) is 29.7 Å². The largest absolute Gasteiger partial charge is 0.465 e. The molecule has 2 aliphatic rings. The molecule has 0 radical (unpaired) electrons. The van der Waals surface area contributed by atoms with Gasteiger partial charge in [-0.05, 0) is 87.4 Å². The molecule has 7 rings (SSSR count). The van der Waals surface area contributed by atoms with Crippen LogP contribution in [0.3, 0.4) is 0 Å². The van der Waals surface area contributed by atoms with E-state index in [2.05, 4.69) is 20.3 Å². The van der Waals surface area contributed by atoms with E-state index < -0.39 is 29.6 Å². The highest BCUT2D eigenvalue weighted by Gasteiger charge is 2.44. The van der Waals surface area contributed by atoms with Gasteiger partial charge in [-0.2, -0.15) is 0 Å². The Morgan fingerprint density at radius 3 is 2.23 bits per heavy atom. The summed E-state index contributed by atoms with van der Waals surface area (Å²) in [7, 11) is 0. The number of H-pyrrole nitrogens is 2. The molecule has 1 unspecified atom stereocenters.